The summed E-state index contributed by atoms with van der Waals surface area (Å²) in [5.41, 5.74) is 0. The molecule has 0 saturated carbocycles. The van der Waals surface area contributed by atoms with E-state index in [1.54, 1.807) is 0 Å². The number of hydrogen-bond acceptors (Lipinski definition) is 6. The van der Waals surface area contributed by atoms with Gasteiger partial charge in [-0.25, -0.2) is 4.79 Å². The number of imide groups is 2. The average molecular weight is 268 g/mol. The van der Waals surface area contributed by atoms with Crippen molar-refractivity contribution in [3.63, 3.8) is 0 Å². The van der Waals surface area contributed by atoms with Crippen molar-refractivity contribution < 1.29 is 28.8 Å². The van der Waals surface area contributed by atoms with E-state index in [9.17, 15) is 24.0 Å². The summed E-state index contributed by atoms with van der Waals surface area (Å²) in [6.45, 7) is 1.95. The highest BCUT2D eigenvalue weighted by Crippen LogP contribution is 2.05. The quantitative estimate of drug-likeness (QED) is 0.488. The molecule has 8 nitrogen and oxygen atoms in total. The SMILES string of the molecule is CC(=O)N(OC(=O)CCN1C(=O)C=CC1=O)C(C)=O. The van der Waals surface area contributed by atoms with Crippen LogP contribution in [0.3, 0.4) is 0 Å². The molecule has 1 rings (SSSR count). The van der Waals surface area contributed by atoms with E-state index in [2.05, 4.69) is 4.84 Å². The van der Waals surface area contributed by atoms with E-state index in [0.717, 1.165) is 30.9 Å². The molecule has 1 heterocycles. The predicted octanol–water partition coefficient (Wildman–Crippen LogP) is -0.845. The molecular formula is C11H12N2O6. The molecule has 0 atom stereocenters. The topological polar surface area (TPSA) is 101 Å². The summed E-state index contributed by atoms with van der Waals surface area (Å²) in [6, 6.07) is 0. The van der Waals surface area contributed by atoms with Crippen LogP contribution in [0.4, 0.5) is 0 Å². The van der Waals surface area contributed by atoms with Gasteiger partial charge in [-0.2, -0.15) is 0 Å². The number of carbonyl (C=O) groups excluding carboxylic acids is 5. The van der Waals surface area contributed by atoms with Gasteiger partial charge in [-0.3, -0.25) is 24.1 Å². The Bertz CT molecular complexity index is 450. The van der Waals surface area contributed by atoms with Gasteiger partial charge in [0.15, 0.2) is 0 Å². The third-order valence-electron chi connectivity index (χ3n) is 2.21. The van der Waals surface area contributed by atoms with Gasteiger partial charge in [0.1, 0.15) is 0 Å². The van der Waals surface area contributed by atoms with Crippen molar-refractivity contribution in [2.24, 2.45) is 0 Å². The van der Waals surface area contributed by atoms with Crippen molar-refractivity contribution in [3.05, 3.63) is 12.2 Å². The molecule has 0 aromatic heterocycles. The van der Waals surface area contributed by atoms with Gasteiger partial charge in [-0.05, 0) is 0 Å². The monoisotopic (exact) mass is 268 g/mol. The molecule has 8 heteroatoms. The van der Waals surface area contributed by atoms with E-state index in [4.69, 9.17) is 0 Å². The lowest BCUT2D eigenvalue weighted by molar-refractivity contribution is -0.200. The molecule has 0 spiro atoms. The van der Waals surface area contributed by atoms with Gasteiger partial charge in [-0.15, -0.1) is 5.06 Å². The Labute approximate surface area is 108 Å². The molecule has 0 aromatic rings. The molecule has 1 aliphatic heterocycles. The molecule has 19 heavy (non-hydrogen) atoms. The third-order valence-corrected chi connectivity index (χ3v) is 2.21. The third kappa shape index (κ3) is 3.73. The van der Waals surface area contributed by atoms with Crippen LogP contribution in [-0.2, 0) is 28.8 Å². The Morgan fingerprint density at radius 1 is 1.11 bits per heavy atom. The summed E-state index contributed by atoms with van der Waals surface area (Å²) in [6.07, 6.45) is 1.87. The first-order valence-electron chi connectivity index (χ1n) is 5.38. The Balaban J connectivity index is 2.48. The van der Waals surface area contributed by atoms with E-state index >= 15 is 0 Å². The van der Waals surface area contributed by atoms with Crippen LogP contribution in [0.5, 0.6) is 0 Å². The lowest BCUT2D eigenvalue weighted by Crippen LogP contribution is -2.37. The van der Waals surface area contributed by atoms with Crippen LogP contribution < -0.4 is 0 Å². The first kappa shape index (κ1) is 14.6. The summed E-state index contributed by atoms with van der Waals surface area (Å²) in [4.78, 5) is 61.1. The zero-order chi connectivity index (χ0) is 14.6. The first-order chi connectivity index (χ1) is 8.82. The van der Waals surface area contributed by atoms with Gasteiger partial charge in [-0.1, -0.05) is 0 Å². The smallest absolute Gasteiger partial charge is 0.330 e. The molecule has 0 bridgehead atoms. The Morgan fingerprint density at radius 3 is 2.00 bits per heavy atom. The molecule has 0 aliphatic carbocycles. The molecule has 102 valence electrons. The van der Waals surface area contributed by atoms with Crippen molar-refractivity contribution in [2.45, 2.75) is 20.3 Å². The van der Waals surface area contributed by atoms with Gasteiger partial charge in [0, 0.05) is 32.5 Å². The van der Waals surface area contributed by atoms with Gasteiger partial charge >= 0.3 is 5.97 Å². The summed E-state index contributed by atoms with van der Waals surface area (Å²) >= 11 is 0. The van der Waals surface area contributed by atoms with Crippen molar-refractivity contribution in [1.29, 1.82) is 0 Å². The van der Waals surface area contributed by atoms with Crippen LogP contribution in [0.1, 0.15) is 20.3 Å². The molecule has 0 N–H and O–H groups in total. The maximum Gasteiger partial charge on any atom is 0.335 e. The maximum absolute atomic E-state index is 11.4. The molecule has 0 radical (unpaired) electrons. The standard InChI is InChI=1S/C11H12N2O6/c1-7(14)13(8(2)15)19-11(18)5-6-12-9(16)3-4-10(12)17/h3-4H,5-6H2,1-2H3. The number of amides is 4. The van der Waals surface area contributed by atoms with Crippen LogP contribution in [0, 0.1) is 0 Å². The fourth-order valence-corrected chi connectivity index (χ4v) is 1.35. The zero-order valence-corrected chi connectivity index (χ0v) is 10.4. The van der Waals surface area contributed by atoms with Crippen LogP contribution in [-0.4, -0.2) is 46.1 Å². The van der Waals surface area contributed by atoms with Crippen molar-refractivity contribution in [1.82, 2.24) is 9.96 Å². The molecule has 1 aliphatic rings. The number of rotatable bonds is 3. The second-order valence-electron chi connectivity index (χ2n) is 3.71. The fraction of sp³-hybridized carbons (Fsp3) is 0.364. The normalized spacial score (nSPS) is 13.7. The molecule has 0 fully saturated rings. The highest BCUT2D eigenvalue weighted by Gasteiger charge is 2.25. The van der Waals surface area contributed by atoms with Crippen LogP contribution in [0.25, 0.3) is 0 Å². The fourth-order valence-electron chi connectivity index (χ4n) is 1.35. The summed E-state index contributed by atoms with van der Waals surface area (Å²) in [5, 5.41) is 0.314. The maximum atomic E-state index is 11.4. The highest BCUT2D eigenvalue weighted by atomic mass is 16.7. The van der Waals surface area contributed by atoms with Crippen LogP contribution in [0.15, 0.2) is 12.2 Å². The van der Waals surface area contributed by atoms with E-state index in [1.165, 1.54) is 0 Å². The number of nitrogens with zero attached hydrogens (tertiary/aromatic N) is 2. The van der Waals surface area contributed by atoms with Crippen LogP contribution >= 0.6 is 0 Å². The second-order valence-corrected chi connectivity index (χ2v) is 3.71. The number of hydrogen-bond donors (Lipinski definition) is 0. The first-order valence-corrected chi connectivity index (χ1v) is 5.38. The van der Waals surface area contributed by atoms with Gasteiger partial charge < -0.3 is 4.84 Å². The Hall–Kier alpha value is -2.51. The Morgan fingerprint density at radius 2 is 1.58 bits per heavy atom. The minimum atomic E-state index is -0.891. The molecule has 4 amide bonds. The van der Waals surface area contributed by atoms with E-state index in [0.29, 0.717) is 5.06 Å². The van der Waals surface area contributed by atoms with E-state index < -0.39 is 29.6 Å². The Kier molecular flexibility index (Phi) is 4.51. The summed E-state index contributed by atoms with van der Waals surface area (Å²) in [5.74, 6) is -3.41. The minimum absolute atomic E-state index is 0.173. The van der Waals surface area contributed by atoms with E-state index in [1.807, 2.05) is 0 Å². The molecule has 0 saturated heterocycles. The number of carbonyl (C=O) groups is 5. The van der Waals surface area contributed by atoms with Gasteiger partial charge in [0.25, 0.3) is 23.6 Å². The summed E-state index contributed by atoms with van der Waals surface area (Å²) in [7, 11) is 0. The minimum Gasteiger partial charge on any atom is -0.330 e. The van der Waals surface area contributed by atoms with Gasteiger partial charge in [0.05, 0.1) is 6.42 Å². The molecule has 0 unspecified atom stereocenters. The zero-order valence-electron chi connectivity index (χ0n) is 10.4. The van der Waals surface area contributed by atoms with Gasteiger partial charge in [0.2, 0.25) is 0 Å². The molecule has 0 aromatic carbocycles. The van der Waals surface area contributed by atoms with Crippen molar-refractivity contribution >= 4 is 29.6 Å². The van der Waals surface area contributed by atoms with E-state index in [-0.39, 0.29) is 13.0 Å². The predicted molar refractivity (Wildman–Crippen MR) is 59.8 cm³/mol. The highest BCUT2D eigenvalue weighted by molar-refractivity contribution is 6.13. The van der Waals surface area contributed by atoms with Crippen molar-refractivity contribution in [2.75, 3.05) is 6.54 Å². The van der Waals surface area contributed by atoms with Crippen molar-refractivity contribution in [3.8, 4) is 0 Å². The number of hydroxylamine groups is 2. The average Bonchev–Trinajstić information content (AvgIpc) is 2.62. The molecular weight excluding hydrogens is 256 g/mol. The largest absolute Gasteiger partial charge is 0.335 e. The second kappa shape index (κ2) is 5.89. The van der Waals surface area contributed by atoms with Crippen LogP contribution in [0.2, 0.25) is 0 Å². The lowest BCUT2D eigenvalue weighted by atomic mass is 10.4. The summed E-state index contributed by atoms with van der Waals surface area (Å²) < 4.78 is 0. The lowest BCUT2D eigenvalue weighted by Gasteiger charge is -2.17.